The summed E-state index contributed by atoms with van der Waals surface area (Å²) < 4.78 is 4.76. The summed E-state index contributed by atoms with van der Waals surface area (Å²) in [5.41, 5.74) is 0.234. The first kappa shape index (κ1) is 21.2. The molecule has 2 aromatic carbocycles. The van der Waals surface area contributed by atoms with E-state index in [0.29, 0.717) is 0 Å². The molecule has 160 valence electrons. The summed E-state index contributed by atoms with van der Waals surface area (Å²) in [6.45, 7) is 1.23. The number of phenols is 4. The van der Waals surface area contributed by atoms with E-state index in [9.17, 15) is 35.4 Å². The van der Waals surface area contributed by atoms with Gasteiger partial charge in [-0.05, 0) is 0 Å². The number of hydrogen-bond donors (Lipinski definition) is 7. The number of benzene rings is 2. The Morgan fingerprint density at radius 2 is 1.50 bits per heavy atom. The number of phenolic OH excluding ortho intramolecular Hbond substituents is 4. The predicted octanol–water partition coefficient (Wildman–Crippen LogP) is 1.38. The van der Waals surface area contributed by atoms with Crippen LogP contribution < -0.4 is 5.32 Å². The summed E-state index contributed by atoms with van der Waals surface area (Å²) in [6, 6.07) is 4.50. The van der Waals surface area contributed by atoms with Gasteiger partial charge in [-0.25, -0.2) is 4.99 Å². The van der Waals surface area contributed by atoms with Crippen molar-refractivity contribution in [3.8, 4) is 23.0 Å². The third kappa shape index (κ3) is 3.70. The number of carbonyl (C=O) groups is 1. The Labute approximate surface area is 171 Å². The number of aliphatic imine (C=N–C) groups is 1. The van der Waals surface area contributed by atoms with Crippen LogP contribution >= 0.6 is 0 Å². The third-order valence-electron chi connectivity index (χ3n) is 5.01. The first-order valence-corrected chi connectivity index (χ1v) is 8.96. The van der Waals surface area contributed by atoms with Crippen LogP contribution in [0.5, 0.6) is 23.0 Å². The van der Waals surface area contributed by atoms with E-state index in [1.165, 1.54) is 26.2 Å². The van der Waals surface area contributed by atoms with Crippen molar-refractivity contribution in [2.75, 3.05) is 12.4 Å². The highest BCUT2D eigenvalue weighted by atomic mass is 16.5. The lowest BCUT2D eigenvalue weighted by molar-refractivity contribution is -0.114. The van der Waals surface area contributed by atoms with Gasteiger partial charge in [0.25, 0.3) is 0 Å². The number of amides is 1. The van der Waals surface area contributed by atoms with Gasteiger partial charge in [-0.15, -0.1) is 0 Å². The molecular weight excluding hydrogens is 396 g/mol. The van der Waals surface area contributed by atoms with Crippen molar-refractivity contribution in [3.63, 3.8) is 0 Å². The van der Waals surface area contributed by atoms with Gasteiger partial charge in [0.1, 0.15) is 23.0 Å². The monoisotopic (exact) mass is 418 g/mol. The van der Waals surface area contributed by atoms with Crippen molar-refractivity contribution in [2.24, 2.45) is 4.99 Å². The highest BCUT2D eigenvalue weighted by Gasteiger charge is 2.53. The van der Waals surface area contributed by atoms with Crippen molar-refractivity contribution >= 4 is 23.7 Å². The molecule has 1 amide bonds. The number of aromatic hydroxyl groups is 4. The Kier molecular flexibility index (Phi) is 5.72. The SMILES string of the molecule is COC=Nc1cc(O)cc(O)c1C1C(O)C(c2c(O)cc(O)cc2NC(C)=O)C1O. The minimum atomic E-state index is -1.30. The number of carbonyl (C=O) groups excluding carboxylic acids is 1. The number of hydrogen-bond acceptors (Lipinski definition) is 9. The normalized spacial score (nSPS) is 23.2. The second-order valence-electron chi connectivity index (χ2n) is 7.01. The number of ether oxygens (including phenoxy) is 1. The molecule has 0 spiro atoms. The average Bonchev–Trinajstić information content (AvgIpc) is 2.64. The van der Waals surface area contributed by atoms with Gasteiger partial charge in [-0.3, -0.25) is 4.79 Å². The maximum absolute atomic E-state index is 11.5. The molecule has 0 radical (unpaired) electrons. The predicted molar refractivity (Wildman–Crippen MR) is 107 cm³/mol. The molecule has 10 nitrogen and oxygen atoms in total. The van der Waals surface area contributed by atoms with Crippen LogP contribution in [0, 0.1) is 0 Å². The maximum Gasteiger partial charge on any atom is 0.221 e. The number of aliphatic hydroxyl groups excluding tert-OH is 2. The van der Waals surface area contributed by atoms with Crippen molar-refractivity contribution in [1.29, 1.82) is 0 Å². The molecule has 10 heteroatoms. The van der Waals surface area contributed by atoms with E-state index in [0.717, 1.165) is 18.5 Å². The largest absolute Gasteiger partial charge is 0.508 e. The molecule has 0 heterocycles. The highest BCUT2D eigenvalue weighted by Crippen LogP contribution is 2.56. The summed E-state index contributed by atoms with van der Waals surface area (Å²) in [5, 5.41) is 64.2. The second-order valence-corrected chi connectivity index (χ2v) is 7.01. The molecule has 1 saturated carbocycles. The number of rotatable bonds is 5. The van der Waals surface area contributed by atoms with Gasteiger partial charge in [-0.1, -0.05) is 0 Å². The fraction of sp³-hybridized carbons (Fsp3) is 0.300. The average molecular weight is 418 g/mol. The Bertz CT molecular complexity index is 997. The Balaban J connectivity index is 2.04. The van der Waals surface area contributed by atoms with E-state index >= 15 is 0 Å². The van der Waals surface area contributed by atoms with Gasteiger partial charge in [0.05, 0.1) is 30.7 Å². The van der Waals surface area contributed by atoms with E-state index in [1.807, 2.05) is 0 Å². The van der Waals surface area contributed by atoms with Crippen LogP contribution in [0.1, 0.15) is 29.9 Å². The summed E-state index contributed by atoms with van der Waals surface area (Å²) in [7, 11) is 1.35. The number of anilines is 1. The van der Waals surface area contributed by atoms with Crippen molar-refractivity contribution < 1.29 is 40.2 Å². The molecular formula is C20H22N2O8. The van der Waals surface area contributed by atoms with E-state index in [1.54, 1.807) is 0 Å². The van der Waals surface area contributed by atoms with E-state index < -0.39 is 41.4 Å². The first-order chi connectivity index (χ1) is 14.1. The van der Waals surface area contributed by atoms with Crippen LogP contribution in [0.4, 0.5) is 11.4 Å². The fourth-order valence-corrected chi connectivity index (χ4v) is 3.82. The van der Waals surface area contributed by atoms with E-state index in [-0.39, 0.29) is 34.0 Å². The van der Waals surface area contributed by atoms with Gasteiger partial charge < -0.3 is 40.7 Å². The van der Waals surface area contributed by atoms with Crippen LogP contribution in [0.25, 0.3) is 0 Å². The standard InChI is InChI=1S/C20H22N2O8/c1-8(23)22-12-4-10(25)6-14(27)16(12)18-19(28)17(20(18)29)15-11(21-7-30-2)3-9(24)5-13(15)26/h3-7,17-20,24-29H,1-2H3,(H,22,23). The minimum Gasteiger partial charge on any atom is -0.508 e. The minimum absolute atomic E-state index is 0.0362. The summed E-state index contributed by atoms with van der Waals surface area (Å²) in [5.74, 6) is -3.93. The smallest absolute Gasteiger partial charge is 0.221 e. The second kappa shape index (κ2) is 8.09. The number of aliphatic hydroxyl groups is 2. The molecule has 0 bridgehead atoms. The van der Waals surface area contributed by atoms with Gasteiger partial charge in [-0.2, -0.15) is 0 Å². The lowest BCUT2D eigenvalue weighted by atomic mass is 9.62. The van der Waals surface area contributed by atoms with Crippen LogP contribution in [0.3, 0.4) is 0 Å². The molecule has 2 unspecified atom stereocenters. The Hall–Kier alpha value is -3.50. The first-order valence-electron chi connectivity index (χ1n) is 8.96. The Morgan fingerprint density at radius 3 is 2.07 bits per heavy atom. The quantitative estimate of drug-likeness (QED) is 0.282. The zero-order valence-corrected chi connectivity index (χ0v) is 16.1. The molecule has 2 atom stereocenters. The van der Waals surface area contributed by atoms with Crippen LogP contribution in [-0.4, -0.2) is 62.3 Å². The number of nitrogens with one attached hydrogen (secondary N) is 1. The molecule has 30 heavy (non-hydrogen) atoms. The molecule has 0 aliphatic heterocycles. The number of nitrogens with zero attached hydrogens (tertiary/aromatic N) is 1. The van der Waals surface area contributed by atoms with E-state index in [2.05, 4.69) is 10.3 Å². The lowest BCUT2D eigenvalue weighted by Crippen LogP contribution is -2.52. The summed E-state index contributed by atoms with van der Waals surface area (Å²) in [4.78, 5) is 15.5. The maximum atomic E-state index is 11.5. The molecule has 3 rings (SSSR count). The third-order valence-corrected chi connectivity index (χ3v) is 5.01. The molecule has 2 aromatic rings. The fourth-order valence-electron chi connectivity index (χ4n) is 3.82. The topological polar surface area (TPSA) is 172 Å². The van der Waals surface area contributed by atoms with Crippen molar-refractivity contribution in [2.45, 2.75) is 31.0 Å². The lowest BCUT2D eigenvalue weighted by Gasteiger charge is -2.47. The zero-order chi connectivity index (χ0) is 22.2. The molecule has 1 aliphatic rings. The van der Waals surface area contributed by atoms with Gasteiger partial charge in [0.15, 0.2) is 6.40 Å². The van der Waals surface area contributed by atoms with Gasteiger partial charge in [0, 0.05) is 54.2 Å². The van der Waals surface area contributed by atoms with E-state index in [4.69, 9.17) is 4.74 Å². The zero-order valence-electron chi connectivity index (χ0n) is 16.1. The number of methoxy groups -OCH3 is 1. The molecule has 0 aromatic heterocycles. The highest BCUT2D eigenvalue weighted by molar-refractivity contribution is 5.90. The molecule has 1 aliphatic carbocycles. The van der Waals surface area contributed by atoms with Crippen LogP contribution in [0.15, 0.2) is 29.3 Å². The van der Waals surface area contributed by atoms with Crippen LogP contribution in [-0.2, 0) is 9.53 Å². The van der Waals surface area contributed by atoms with Crippen molar-refractivity contribution in [3.05, 3.63) is 35.4 Å². The molecule has 0 saturated heterocycles. The van der Waals surface area contributed by atoms with Crippen LogP contribution in [0.2, 0.25) is 0 Å². The van der Waals surface area contributed by atoms with Gasteiger partial charge >= 0.3 is 0 Å². The summed E-state index contributed by atoms with van der Waals surface area (Å²) in [6.07, 6.45) is -1.53. The summed E-state index contributed by atoms with van der Waals surface area (Å²) >= 11 is 0. The van der Waals surface area contributed by atoms with Gasteiger partial charge in [0.2, 0.25) is 5.91 Å². The van der Waals surface area contributed by atoms with Crippen molar-refractivity contribution in [1.82, 2.24) is 0 Å². The molecule has 7 N–H and O–H groups in total. The Morgan fingerprint density at radius 1 is 0.967 bits per heavy atom. The molecule has 1 fully saturated rings.